The molecule has 0 saturated heterocycles. The first kappa shape index (κ1) is 32.8. The average molecular weight is 660 g/mol. The minimum atomic E-state index is -4.56. The number of rotatable bonds is 10. The van der Waals surface area contributed by atoms with Crippen LogP contribution in [-0.2, 0) is 30.5 Å². The van der Waals surface area contributed by atoms with E-state index in [9.17, 15) is 18.0 Å². The maximum atomic E-state index is 13.8. The summed E-state index contributed by atoms with van der Waals surface area (Å²) < 4.78 is 43.2. The number of aromatic nitrogens is 2. The van der Waals surface area contributed by atoms with E-state index in [2.05, 4.69) is 21.7 Å². The first-order valence-corrected chi connectivity index (χ1v) is 14.5. The summed E-state index contributed by atoms with van der Waals surface area (Å²) in [5.74, 6) is -0.297. The summed E-state index contributed by atoms with van der Waals surface area (Å²) in [6.07, 6.45) is -1.31. The molecule has 0 aliphatic heterocycles. The monoisotopic (exact) mass is 658 g/mol. The zero-order chi connectivity index (χ0) is 31.9. The maximum absolute atomic E-state index is 13.8. The Morgan fingerprint density at radius 2 is 1.86 bits per heavy atom. The molecule has 0 spiro atoms. The molecule has 0 fully saturated rings. The van der Waals surface area contributed by atoms with E-state index in [0.29, 0.717) is 28.5 Å². The van der Waals surface area contributed by atoms with Gasteiger partial charge in [-0.1, -0.05) is 53.5 Å². The quantitative estimate of drug-likeness (QED) is 0.177. The van der Waals surface area contributed by atoms with E-state index in [1.165, 1.54) is 24.3 Å². The molecule has 4 rings (SSSR count). The van der Waals surface area contributed by atoms with E-state index in [-0.39, 0.29) is 41.1 Å². The second-order valence-electron chi connectivity index (χ2n) is 10.1. The Morgan fingerprint density at radius 1 is 1.14 bits per heavy atom. The molecule has 2 N–H and O–H groups in total. The van der Waals surface area contributed by atoms with Crippen molar-refractivity contribution >= 4 is 52.1 Å². The van der Waals surface area contributed by atoms with Crippen molar-refractivity contribution in [1.82, 2.24) is 19.8 Å². The highest BCUT2D eigenvalue weighted by Gasteiger charge is 2.33. The van der Waals surface area contributed by atoms with Crippen molar-refractivity contribution in [2.24, 2.45) is 0 Å². The third-order valence-electron chi connectivity index (χ3n) is 6.62. The topological polar surface area (TPSA) is 86.0 Å². The Labute approximate surface area is 268 Å². The number of anilines is 1. The Morgan fingerprint density at radius 3 is 2.55 bits per heavy atom. The number of alkyl halides is 3. The van der Waals surface area contributed by atoms with Crippen LogP contribution < -0.4 is 10.6 Å². The van der Waals surface area contributed by atoms with Crippen LogP contribution >= 0.6 is 35.4 Å². The van der Waals surface area contributed by atoms with Gasteiger partial charge in [0.05, 0.1) is 40.7 Å². The number of carbonyl (C=O) groups is 1. The molecule has 0 radical (unpaired) electrons. The number of nitrogens with one attached hydrogen (secondary N) is 2. The minimum Gasteiger partial charge on any atom is -0.352 e. The molecule has 44 heavy (non-hydrogen) atoms. The van der Waals surface area contributed by atoms with Gasteiger partial charge in [0.1, 0.15) is 0 Å². The van der Waals surface area contributed by atoms with E-state index < -0.39 is 17.8 Å². The second-order valence-corrected chi connectivity index (χ2v) is 11.3. The Bertz CT molecular complexity index is 1670. The third kappa shape index (κ3) is 8.95. The molecule has 0 aliphatic carbocycles. The molecule has 7 nitrogen and oxygen atoms in total. The molecule has 13 heteroatoms. The number of amides is 1. The van der Waals surface area contributed by atoms with Crippen molar-refractivity contribution in [2.45, 2.75) is 38.7 Å². The lowest BCUT2D eigenvalue weighted by Gasteiger charge is -2.30. The zero-order valence-corrected chi connectivity index (χ0v) is 25.7. The van der Waals surface area contributed by atoms with Gasteiger partial charge >= 0.3 is 6.18 Å². The van der Waals surface area contributed by atoms with Gasteiger partial charge in [-0.05, 0) is 66.7 Å². The normalized spacial score (nSPS) is 11.8. The molecule has 3 aromatic carbocycles. The SMILES string of the molecule is CC(CN(Cc1ccccc1C(F)(F)F)C(=S)Nc1ccc(Cl)cc1Cl)NC(=O)Cc1cncn1Cc1ccc(C#N)cc1. The van der Waals surface area contributed by atoms with Gasteiger partial charge < -0.3 is 20.1 Å². The zero-order valence-electron chi connectivity index (χ0n) is 23.4. The fraction of sp³-hybridized carbons (Fsp3) is 0.226. The Hall–Kier alpha value is -4.11. The highest BCUT2D eigenvalue weighted by Crippen LogP contribution is 2.33. The van der Waals surface area contributed by atoms with Crippen LogP contribution in [0.3, 0.4) is 0 Å². The number of halogens is 5. The molecule has 1 amide bonds. The molecule has 1 unspecified atom stereocenters. The number of hydrogen-bond acceptors (Lipinski definition) is 4. The van der Waals surface area contributed by atoms with Crippen molar-refractivity contribution in [3.8, 4) is 6.07 Å². The molecule has 0 bridgehead atoms. The third-order valence-corrected chi connectivity index (χ3v) is 7.53. The van der Waals surface area contributed by atoms with Gasteiger partial charge in [-0.15, -0.1) is 0 Å². The number of benzene rings is 3. The van der Waals surface area contributed by atoms with Crippen molar-refractivity contribution in [2.75, 3.05) is 11.9 Å². The lowest BCUT2D eigenvalue weighted by atomic mass is 10.1. The minimum absolute atomic E-state index is 0.0246. The van der Waals surface area contributed by atoms with Crippen LogP contribution in [0, 0.1) is 11.3 Å². The second kappa shape index (κ2) is 14.6. The summed E-state index contributed by atoms with van der Waals surface area (Å²) in [5, 5.41) is 15.7. The number of carbonyl (C=O) groups excluding carboxylic acids is 1. The number of hydrogen-bond donors (Lipinski definition) is 2. The van der Waals surface area contributed by atoms with Crippen LogP contribution in [0.4, 0.5) is 18.9 Å². The van der Waals surface area contributed by atoms with E-state index in [1.807, 2.05) is 16.7 Å². The lowest BCUT2D eigenvalue weighted by molar-refractivity contribution is -0.138. The largest absolute Gasteiger partial charge is 0.416 e. The summed E-state index contributed by atoms with van der Waals surface area (Å²) in [7, 11) is 0. The maximum Gasteiger partial charge on any atom is 0.416 e. The summed E-state index contributed by atoms with van der Waals surface area (Å²) >= 11 is 17.9. The van der Waals surface area contributed by atoms with Crippen LogP contribution in [0.15, 0.2) is 79.3 Å². The fourth-order valence-electron chi connectivity index (χ4n) is 4.53. The predicted molar refractivity (Wildman–Crippen MR) is 168 cm³/mol. The van der Waals surface area contributed by atoms with Crippen LogP contribution in [0.25, 0.3) is 0 Å². The van der Waals surface area contributed by atoms with Crippen LogP contribution in [-0.4, -0.2) is 38.1 Å². The number of nitriles is 1. The summed E-state index contributed by atoms with van der Waals surface area (Å²) in [4.78, 5) is 18.8. The van der Waals surface area contributed by atoms with Crippen LogP contribution in [0.2, 0.25) is 10.0 Å². The number of imidazole rings is 1. The van der Waals surface area contributed by atoms with Gasteiger partial charge in [0.15, 0.2) is 5.11 Å². The van der Waals surface area contributed by atoms with Crippen molar-refractivity contribution < 1.29 is 18.0 Å². The fourth-order valence-corrected chi connectivity index (χ4v) is 5.24. The van der Waals surface area contributed by atoms with Gasteiger partial charge in [-0.25, -0.2) is 4.98 Å². The molecule has 1 heterocycles. The highest BCUT2D eigenvalue weighted by molar-refractivity contribution is 7.80. The smallest absolute Gasteiger partial charge is 0.352 e. The molecular weight excluding hydrogens is 632 g/mol. The van der Waals surface area contributed by atoms with E-state index in [0.717, 1.165) is 11.6 Å². The highest BCUT2D eigenvalue weighted by atomic mass is 35.5. The molecule has 0 saturated carbocycles. The van der Waals surface area contributed by atoms with E-state index in [4.69, 9.17) is 40.7 Å². The van der Waals surface area contributed by atoms with Crippen LogP contribution in [0.1, 0.15) is 34.9 Å². The van der Waals surface area contributed by atoms with E-state index in [1.54, 1.807) is 48.6 Å². The Kier molecular flexibility index (Phi) is 10.9. The van der Waals surface area contributed by atoms with Crippen LogP contribution in [0.5, 0.6) is 0 Å². The first-order valence-electron chi connectivity index (χ1n) is 13.4. The standard InChI is InChI=1S/C31H27Cl2F3N6OS/c1-20(39-29(43)13-25-15-38-19-42(25)17-22-8-6-21(14-37)7-9-22)16-41(18-23-4-2-3-5-26(23)31(34,35)36)30(44)40-28-11-10-24(32)12-27(28)33/h2-12,15,19-20H,13,16-18H2,1H3,(H,39,43)(H,40,44). The number of nitrogens with zero attached hydrogens (tertiary/aromatic N) is 4. The van der Waals surface area contributed by atoms with Gasteiger partial charge in [0.2, 0.25) is 5.91 Å². The summed E-state index contributed by atoms with van der Waals surface area (Å²) in [5.41, 5.74) is 1.84. The van der Waals surface area contributed by atoms with Crippen molar-refractivity contribution in [3.63, 3.8) is 0 Å². The first-order chi connectivity index (χ1) is 20.9. The predicted octanol–water partition coefficient (Wildman–Crippen LogP) is 7.08. The molecule has 4 aromatic rings. The molecule has 1 aromatic heterocycles. The number of thiocarbonyl (C=S) groups is 1. The molecule has 1 atom stereocenters. The van der Waals surface area contributed by atoms with Gasteiger partial charge in [-0.3, -0.25) is 4.79 Å². The van der Waals surface area contributed by atoms with Gasteiger partial charge in [-0.2, -0.15) is 18.4 Å². The van der Waals surface area contributed by atoms with Crippen molar-refractivity contribution in [1.29, 1.82) is 5.26 Å². The van der Waals surface area contributed by atoms with Gasteiger partial charge in [0, 0.05) is 42.6 Å². The van der Waals surface area contributed by atoms with E-state index >= 15 is 0 Å². The molecule has 228 valence electrons. The molecule has 0 aliphatic rings. The van der Waals surface area contributed by atoms with Crippen molar-refractivity contribution in [3.05, 3.63) is 117 Å². The summed E-state index contributed by atoms with van der Waals surface area (Å²) in [6, 6.07) is 18.7. The Balaban J connectivity index is 1.47. The van der Waals surface area contributed by atoms with Gasteiger partial charge in [0.25, 0.3) is 0 Å². The lowest BCUT2D eigenvalue weighted by Crippen LogP contribution is -2.46. The average Bonchev–Trinajstić information content (AvgIpc) is 3.40. The summed E-state index contributed by atoms with van der Waals surface area (Å²) in [6.45, 7) is 2.12. The molecular formula is C31H27Cl2F3N6OS.